The van der Waals surface area contributed by atoms with Crippen molar-refractivity contribution in [2.24, 2.45) is 5.92 Å². The van der Waals surface area contributed by atoms with Crippen molar-refractivity contribution in [2.45, 2.75) is 38.2 Å². The fourth-order valence-corrected chi connectivity index (χ4v) is 5.71. The number of carbonyl (C=O) groups is 1. The fourth-order valence-electron chi connectivity index (χ4n) is 4.12. The summed E-state index contributed by atoms with van der Waals surface area (Å²) in [4.78, 5) is 12.9. The molecule has 1 saturated heterocycles. The van der Waals surface area contributed by atoms with Gasteiger partial charge >= 0.3 is 0 Å². The third-order valence-electron chi connectivity index (χ3n) is 5.82. The molecule has 0 saturated carbocycles. The summed E-state index contributed by atoms with van der Waals surface area (Å²) in [6.45, 7) is 2.57. The fraction of sp³-hybridized carbons (Fsp3) is 0.458. The van der Waals surface area contributed by atoms with Gasteiger partial charge in [0.25, 0.3) is 0 Å². The van der Waals surface area contributed by atoms with E-state index in [0.29, 0.717) is 32.2 Å². The predicted octanol–water partition coefficient (Wildman–Crippen LogP) is 2.68. The second-order valence-electron chi connectivity index (χ2n) is 8.29. The largest absolute Gasteiger partial charge is 0.383 e. The molecule has 0 aliphatic carbocycles. The molecule has 0 radical (unpaired) electrons. The van der Waals surface area contributed by atoms with Crippen LogP contribution >= 0.6 is 0 Å². The van der Waals surface area contributed by atoms with Gasteiger partial charge in [-0.15, -0.1) is 0 Å². The van der Waals surface area contributed by atoms with Gasteiger partial charge in [-0.05, 0) is 30.4 Å². The Balaban J connectivity index is 1.70. The third-order valence-corrected chi connectivity index (χ3v) is 7.86. The number of nitrogens with one attached hydrogen (secondary N) is 1. The first-order valence-electron chi connectivity index (χ1n) is 10.9. The zero-order chi connectivity index (χ0) is 22.3. The highest BCUT2D eigenvalue weighted by atomic mass is 32.2. The van der Waals surface area contributed by atoms with Crippen molar-refractivity contribution < 1.29 is 18.3 Å². The number of sulfonamides is 1. The van der Waals surface area contributed by atoms with Crippen LogP contribution in [0.4, 0.5) is 0 Å². The van der Waals surface area contributed by atoms with E-state index in [1.54, 1.807) is 0 Å². The Bertz CT molecular complexity index is 950. The maximum Gasteiger partial charge on any atom is 0.224 e. The van der Waals surface area contributed by atoms with E-state index in [1.807, 2.05) is 67.6 Å². The van der Waals surface area contributed by atoms with Crippen LogP contribution in [0.3, 0.4) is 0 Å². The second kappa shape index (κ2) is 10.4. The molecule has 2 atom stereocenters. The standard InChI is InChI=1S/C24H32N2O4S/c1-2-16-31(29,30)26-15-9-12-21(18-26)23(27)25-19-24(28,22-13-7-4-8-14-22)17-20-10-5-3-6-11-20/h3-8,10-11,13-14,21,28H,2,9,12,15-19H2,1H3,(H,25,27)/t21-,24-/m1/s1. The van der Waals surface area contributed by atoms with Crippen LogP contribution in [-0.4, -0.2) is 49.1 Å². The molecule has 0 bridgehead atoms. The number of carbonyl (C=O) groups excluding carboxylic acids is 1. The summed E-state index contributed by atoms with van der Waals surface area (Å²) < 4.78 is 26.3. The van der Waals surface area contributed by atoms with Gasteiger partial charge < -0.3 is 10.4 Å². The maximum atomic E-state index is 12.9. The lowest BCUT2D eigenvalue weighted by Gasteiger charge is -2.33. The minimum atomic E-state index is -3.32. The summed E-state index contributed by atoms with van der Waals surface area (Å²) in [5.41, 5.74) is 0.438. The van der Waals surface area contributed by atoms with Gasteiger partial charge in [-0.2, -0.15) is 0 Å². The Labute approximate surface area is 185 Å². The van der Waals surface area contributed by atoms with Crippen molar-refractivity contribution in [3.63, 3.8) is 0 Å². The number of nitrogens with zero attached hydrogens (tertiary/aromatic N) is 1. The van der Waals surface area contributed by atoms with E-state index < -0.39 is 21.5 Å². The highest BCUT2D eigenvalue weighted by molar-refractivity contribution is 7.89. The lowest BCUT2D eigenvalue weighted by Crippen LogP contribution is -2.49. The summed E-state index contributed by atoms with van der Waals surface area (Å²) in [6, 6.07) is 19.0. The summed E-state index contributed by atoms with van der Waals surface area (Å²) in [5, 5.41) is 14.4. The zero-order valence-corrected chi connectivity index (χ0v) is 18.9. The molecule has 2 N–H and O–H groups in total. The molecular formula is C24H32N2O4S. The first-order chi connectivity index (χ1) is 14.8. The van der Waals surface area contributed by atoms with Crippen LogP contribution in [0.2, 0.25) is 0 Å². The Kier molecular flexibility index (Phi) is 7.86. The number of amides is 1. The van der Waals surface area contributed by atoms with Gasteiger partial charge in [-0.25, -0.2) is 12.7 Å². The van der Waals surface area contributed by atoms with Gasteiger partial charge in [-0.3, -0.25) is 4.79 Å². The number of hydrogen-bond acceptors (Lipinski definition) is 4. The van der Waals surface area contributed by atoms with Crippen LogP contribution in [0.25, 0.3) is 0 Å². The molecule has 0 aromatic heterocycles. The van der Waals surface area contributed by atoms with E-state index >= 15 is 0 Å². The van der Waals surface area contributed by atoms with Crippen molar-refractivity contribution in [3.8, 4) is 0 Å². The molecule has 1 aliphatic heterocycles. The molecule has 1 heterocycles. The van der Waals surface area contributed by atoms with E-state index in [2.05, 4.69) is 5.32 Å². The molecular weight excluding hydrogens is 412 g/mol. The van der Waals surface area contributed by atoms with Crippen molar-refractivity contribution in [2.75, 3.05) is 25.4 Å². The number of hydrogen-bond donors (Lipinski definition) is 2. The van der Waals surface area contributed by atoms with Crippen LogP contribution < -0.4 is 5.32 Å². The van der Waals surface area contributed by atoms with E-state index in [1.165, 1.54) is 4.31 Å². The lowest BCUT2D eigenvalue weighted by atomic mass is 9.86. The molecule has 1 aliphatic rings. The zero-order valence-electron chi connectivity index (χ0n) is 18.0. The molecule has 3 rings (SSSR count). The topological polar surface area (TPSA) is 86.7 Å². The Morgan fingerprint density at radius 2 is 1.77 bits per heavy atom. The number of rotatable bonds is 9. The van der Waals surface area contributed by atoms with Crippen LogP contribution in [0.1, 0.15) is 37.3 Å². The van der Waals surface area contributed by atoms with E-state index in [0.717, 1.165) is 11.1 Å². The number of benzene rings is 2. The van der Waals surface area contributed by atoms with Gasteiger partial charge in [0.2, 0.25) is 15.9 Å². The third kappa shape index (κ3) is 6.15. The average molecular weight is 445 g/mol. The van der Waals surface area contributed by atoms with Crippen molar-refractivity contribution >= 4 is 15.9 Å². The highest BCUT2D eigenvalue weighted by Gasteiger charge is 2.34. The van der Waals surface area contributed by atoms with E-state index in [4.69, 9.17) is 0 Å². The van der Waals surface area contributed by atoms with Gasteiger partial charge in [0.05, 0.1) is 18.2 Å². The van der Waals surface area contributed by atoms with Crippen LogP contribution in [-0.2, 0) is 26.8 Å². The Morgan fingerprint density at radius 1 is 1.13 bits per heavy atom. The van der Waals surface area contributed by atoms with E-state index in [-0.39, 0.29) is 24.7 Å². The quantitative estimate of drug-likeness (QED) is 0.623. The molecule has 2 aromatic carbocycles. The highest BCUT2D eigenvalue weighted by Crippen LogP contribution is 2.26. The Morgan fingerprint density at radius 3 is 2.42 bits per heavy atom. The van der Waals surface area contributed by atoms with Gasteiger partial charge in [0.15, 0.2) is 0 Å². The SMILES string of the molecule is CCCS(=O)(=O)N1CCC[C@@H](C(=O)NC[C@](O)(Cc2ccccc2)c2ccccc2)C1. The number of aliphatic hydroxyl groups is 1. The Hall–Kier alpha value is -2.22. The molecule has 2 aromatic rings. The van der Waals surface area contributed by atoms with Crippen molar-refractivity contribution in [1.82, 2.24) is 9.62 Å². The maximum absolute atomic E-state index is 12.9. The monoisotopic (exact) mass is 444 g/mol. The van der Waals surface area contributed by atoms with Crippen LogP contribution in [0.5, 0.6) is 0 Å². The molecule has 7 heteroatoms. The second-order valence-corrected chi connectivity index (χ2v) is 10.4. The first-order valence-corrected chi connectivity index (χ1v) is 12.5. The number of piperidine rings is 1. The van der Waals surface area contributed by atoms with Crippen molar-refractivity contribution in [1.29, 1.82) is 0 Å². The molecule has 31 heavy (non-hydrogen) atoms. The minimum Gasteiger partial charge on any atom is -0.383 e. The van der Waals surface area contributed by atoms with Crippen LogP contribution in [0, 0.1) is 5.92 Å². The predicted molar refractivity (Wildman–Crippen MR) is 122 cm³/mol. The van der Waals surface area contributed by atoms with Gasteiger partial charge in [0, 0.05) is 19.5 Å². The summed E-state index contributed by atoms with van der Waals surface area (Å²) in [5.74, 6) is -0.512. The molecule has 0 spiro atoms. The molecule has 1 amide bonds. The molecule has 1 fully saturated rings. The van der Waals surface area contributed by atoms with Gasteiger partial charge in [0.1, 0.15) is 5.60 Å². The van der Waals surface area contributed by atoms with Crippen molar-refractivity contribution in [3.05, 3.63) is 71.8 Å². The van der Waals surface area contributed by atoms with Crippen LogP contribution in [0.15, 0.2) is 60.7 Å². The normalized spacial score (nSPS) is 19.5. The molecule has 6 nitrogen and oxygen atoms in total. The minimum absolute atomic E-state index is 0.0585. The lowest BCUT2D eigenvalue weighted by molar-refractivity contribution is -0.127. The molecule has 0 unspecified atom stereocenters. The summed E-state index contributed by atoms with van der Waals surface area (Å²) >= 11 is 0. The average Bonchev–Trinajstić information content (AvgIpc) is 2.79. The first kappa shape index (κ1) is 23.4. The molecule has 168 valence electrons. The summed E-state index contributed by atoms with van der Waals surface area (Å²) in [6.07, 6.45) is 2.22. The van der Waals surface area contributed by atoms with E-state index in [9.17, 15) is 18.3 Å². The summed E-state index contributed by atoms with van der Waals surface area (Å²) in [7, 11) is -3.32. The smallest absolute Gasteiger partial charge is 0.224 e. The van der Waals surface area contributed by atoms with Gasteiger partial charge in [-0.1, -0.05) is 67.6 Å².